The van der Waals surface area contributed by atoms with Gasteiger partial charge >= 0.3 is 0 Å². The molecule has 188 valence electrons. The van der Waals surface area contributed by atoms with E-state index >= 15 is 0 Å². The third kappa shape index (κ3) is 4.80. The van der Waals surface area contributed by atoms with Crippen molar-refractivity contribution in [2.45, 2.75) is 46.3 Å². The van der Waals surface area contributed by atoms with Gasteiger partial charge in [0.15, 0.2) is 0 Å². The molecule has 0 bridgehead atoms. The monoisotopic (exact) mass is 485 g/mol. The van der Waals surface area contributed by atoms with Crippen molar-refractivity contribution in [3.05, 3.63) is 82.9 Å². The van der Waals surface area contributed by atoms with Crippen LogP contribution in [0.15, 0.2) is 60.7 Å². The number of likely N-dealkylation sites (tertiary alicyclic amines) is 1. The summed E-state index contributed by atoms with van der Waals surface area (Å²) in [6, 6.07) is 19.0. The van der Waals surface area contributed by atoms with Crippen molar-refractivity contribution in [2.24, 2.45) is 5.92 Å². The molecule has 3 aromatic rings. The number of aromatic hydroxyl groups is 2. The van der Waals surface area contributed by atoms with Crippen LogP contribution in [0.4, 0.5) is 0 Å². The normalized spacial score (nSPS) is 20.7. The fraction of sp³-hybridized carbons (Fsp3) is 0.355. The van der Waals surface area contributed by atoms with E-state index in [4.69, 9.17) is 9.47 Å². The van der Waals surface area contributed by atoms with Gasteiger partial charge in [0.1, 0.15) is 35.7 Å². The zero-order valence-corrected chi connectivity index (χ0v) is 21.5. The Morgan fingerprint density at radius 3 is 2.56 bits per heavy atom. The number of ether oxygens (including phenoxy) is 2. The van der Waals surface area contributed by atoms with E-state index in [1.54, 1.807) is 24.3 Å². The first-order valence-corrected chi connectivity index (χ1v) is 12.8. The number of allylic oxidation sites excluding steroid dienone is 1. The average molecular weight is 486 g/mol. The van der Waals surface area contributed by atoms with Crippen molar-refractivity contribution in [3.63, 3.8) is 0 Å². The molecule has 1 unspecified atom stereocenters. The SMILES string of the molecule is CC1=C(c2cccc(O)c2)C(c2ccc(OC[C@H](C)N3CC[C@@H](C)C3)c(C)c2)Oc2ccc(O)cc21. The molecule has 0 spiro atoms. The van der Waals surface area contributed by atoms with Crippen LogP contribution in [-0.4, -0.2) is 40.9 Å². The van der Waals surface area contributed by atoms with Crippen molar-refractivity contribution in [1.82, 2.24) is 4.90 Å². The van der Waals surface area contributed by atoms with Crippen LogP contribution in [0.5, 0.6) is 23.0 Å². The van der Waals surface area contributed by atoms with Crippen LogP contribution in [0, 0.1) is 12.8 Å². The van der Waals surface area contributed by atoms with Crippen molar-refractivity contribution in [2.75, 3.05) is 19.7 Å². The van der Waals surface area contributed by atoms with Crippen molar-refractivity contribution in [3.8, 4) is 23.0 Å². The smallest absolute Gasteiger partial charge is 0.150 e. The maximum Gasteiger partial charge on any atom is 0.150 e. The van der Waals surface area contributed by atoms with Gasteiger partial charge in [0.2, 0.25) is 0 Å². The van der Waals surface area contributed by atoms with E-state index in [-0.39, 0.29) is 17.6 Å². The lowest BCUT2D eigenvalue weighted by atomic mass is 9.85. The van der Waals surface area contributed by atoms with E-state index in [9.17, 15) is 10.2 Å². The third-order valence-corrected chi connectivity index (χ3v) is 7.50. The summed E-state index contributed by atoms with van der Waals surface area (Å²) in [7, 11) is 0. The van der Waals surface area contributed by atoms with Crippen LogP contribution in [0.2, 0.25) is 0 Å². The first-order valence-electron chi connectivity index (χ1n) is 12.8. The average Bonchev–Trinajstić information content (AvgIpc) is 3.29. The molecule has 2 aliphatic rings. The van der Waals surface area contributed by atoms with Gasteiger partial charge in [0.25, 0.3) is 0 Å². The van der Waals surface area contributed by atoms with Gasteiger partial charge in [-0.3, -0.25) is 4.90 Å². The molecule has 0 aliphatic carbocycles. The predicted molar refractivity (Wildman–Crippen MR) is 144 cm³/mol. The Labute approximate surface area is 213 Å². The number of phenols is 2. The number of hydrogen-bond donors (Lipinski definition) is 2. The molecule has 5 nitrogen and oxygen atoms in total. The standard InChI is InChI=1S/C31H35NO4/c1-19-12-13-32(17-19)21(3)18-35-28-10-8-24(14-20(28)2)31-30(23-6-5-7-25(33)15-23)22(4)27-16-26(34)9-11-29(27)36-31/h5-11,14-16,19,21,31,33-34H,12-13,17-18H2,1-4H3/t19-,21+,31?/m1/s1. The number of benzene rings is 3. The van der Waals surface area contributed by atoms with Crippen LogP contribution in [0.3, 0.4) is 0 Å². The molecule has 0 amide bonds. The molecular weight excluding hydrogens is 450 g/mol. The van der Waals surface area contributed by atoms with E-state index in [0.29, 0.717) is 12.6 Å². The number of nitrogens with zero attached hydrogens (tertiary/aromatic N) is 1. The molecule has 2 N–H and O–H groups in total. The summed E-state index contributed by atoms with van der Waals surface area (Å²) < 4.78 is 12.8. The molecule has 0 saturated carbocycles. The lowest BCUT2D eigenvalue weighted by Gasteiger charge is -2.31. The quantitative estimate of drug-likeness (QED) is 0.413. The Kier molecular flexibility index (Phi) is 6.67. The second kappa shape index (κ2) is 9.90. The number of phenolic OH excluding ortho intramolecular Hbond substituents is 2. The van der Waals surface area contributed by atoms with Gasteiger partial charge in [-0.05, 0) is 104 Å². The van der Waals surface area contributed by atoms with E-state index < -0.39 is 0 Å². The molecule has 0 radical (unpaired) electrons. The Bertz CT molecular complexity index is 1300. The summed E-state index contributed by atoms with van der Waals surface area (Å²) in [6.45, 7) is 11.6. The molecule has 36 heavy (non-hydrogen) atoms. The van der Waals surface area contributed by atoms with E-state index in [0.717, 1.165) is 63.9 Å². The molecule has 1 saturated heterocycles. The maximum atomic E-state index is 10.2. The second-order valence-corrected chi connectivity index (χ2v) is 10.3. The highest BCUT2D eigenvalue weighted by molar-refractivity contribution is 5.95. The summed E-state index contributed by atoms with van der Waals surface area (Å²) in [5, 5.41) is 20.3. The zero-order valence-electron chi connectivity index (χ0n) is 21.5. The molecule has 0 aromatic heterocycles. The summed E-state index contributed by atoms with van der Waals surface area (Å²) in [5.41, 5.74) is 5.79. The summed E-state index contributed by atoms with van der Waals surface area (Å²) in [5.74, 6) is 2.77. The molecule has 5 rings (SSSR count). The Hall–Kier alpha value is -3.44. The molecule has 3 aromatic carbocycles. The van der Waals surface area contributed by atoms with Gasteiger partial charge in [-0.15, -0.1) is 0 Å². The fourth-order valence-electron chi connectivity index (χ4n) is 5.40. The van der Waals surface area contributed by atoms with Crippen LogP contribution >= 0.6 is 0 Å². The van der Waals surface area contributed by atoms with E-state index in [1.807, 2.05) is 31.2 Å². The highest BCUT2D eigenvalue weighted by Crippen LogP contribution is 2.48. The number of aryl methyl sites for hydroxylation is 1. The Morgan fingerprint density at radius 1 is 1.03 bits per heavy atom. The minimum atomic E-state index is -0.360. The zero-order chi connectivity index (χ0) is 25.4. The topological polar surface area (TPSA) is 62.2 Å². The lowest BCUT2D eigenvalue weighted by Crippen LogP contribution is -2.35. The number of rotatable bonds is 6. The maximum absolute atomic E-state index is 10.2. The lowest BCUT2D eigenvalue weighted by molar-refractivity contribution is 0.168. The van der Waals surface area contributed by atoms with E-state index in [2.05, 4.69) is 37.8 Å². The number of fused-ring (bicyclic) bond motifs is 1. The minimum Gasteiger partial charge on any atom is -0.508 e. The largest absolute Gasteiger partial charge is 0.508 e. The Balaban J connectivity index is 1.44. The molecule has 2 aliphatic heterocycles. The minimum absolute atomic E-state index is 0.195. The fourth-order valence-corrected chi connectivity index (χ4v) is 5.40. The highest BCUT2D eigenvalue weighted by Gasteiger charge is 2.30. The summed E-state index contributed by atoms with van der Waals surface area (Å²) in [6.07, 6.45) is 0.901. The van der Waals surface area contributed by atoms with E-state index in [1.165, 1.54) is 6.42 Å². The van der Waals surface area contributed by atoms with Crippen molar-refractivity contribution < 1.29 is 19.7 Å². The summed E-state index contributed by atoms with van der Waals surface area (Å²) in [4.78, 5) is 2.51. The van der Waals surface area contributed by atoms with Gasteiger partial charge in [-0.25, -0.2) is 0 Å². The van der Waals surface area contributed by atoms with Crippen LogP contribution in [-0.2, 0) is 0 Å². The third-order valence-electron chi connectivity index (χ3n) is 7.50. The predicted octanol–water partition coefficient (Wildman–Crippen LogP) is 6.58. The van der Waals surface area contributed by atoms with Gasteiger partial charge in [-0.1, -0.05) is 25.1 Å². The number of hydrogen-bond acceptors (Lipinski definition) is 5. The van der Waals surface area contributed by atoms with Crippen LogP contribution in [0.25, 0.3) is 11.1 Å². The Morgan fingerprint density at radius 2 is 1.83 bits per heavy atom. The first kappa shape index (κ1) is 24.3. The molecule has 3 atom stereocenters. The van der Waals surface area contributed by atoms with Gasteiger partial charge in [0, 0.05) is 23.7 Å². The molecule has 5 heteroatoms. The highest BCUT2D eigenvalue weighted by atomic mass is 16.5. The second-order valence-electron chi connectivity index (χ2n) is 10.3. The first-order chi connectivity index (χ1) is 17.3. The molecular formula is C31H35NO4. The molecule has 2 heterocycles. The van der Waals surface area contributed by atoms with Crippen molar-refractivity contribution in [1.29, 1.82) is 0 Å². The van der Waals surface area contributed by atoms with Gasteiger partial charge in [0.05, 0.1) is 0 Å². The van der Waals surface area contributed by atoms with Crippen LogP contribution < -0.4 is 9.47 Å². The van der Waals surface area contributed by atoms with Crippen molar-refractivity contribution >= 4 is 11.1 Å². The van der Waals surface area contributed by atoms with Crippen LogP contribution in [0.1, 0.15) is 55.5 Å². The van der Waals surface area contributed by atoms with Gasteiger partial charge in [-0.2, -0.15) is 0 Å². The summed E-state index contributed by atoms with van der Waals surface area (Å²) >= 11 is 0. The van der Waals surface area contributed by atoms with Gasteiger partial charge < -0.3 is 19.7 Å². The molecule has 1 fully saturated rings.